The molecule has 56 heavy (non-hydrogen) atoms. The van der Waals surface area contributed by atoms with Crippen molar-refractivity contribution in [1.82, 2.24) is 20.0 Å². The second kappa shape index (κ2) is 14.2. The van der Waals surface area contributed by atoms with Crippen LogP contribution in [0.1, 0.15) is 35.7 Å². The van der Waals surface area contributed by atoms with Gasteiger partial charge >= 0.3 is 12.4 Å². The predicted octanol–water partition coefficient (Wildman–Crippen LogP) is 5.93. The Morgan fingerprint density at radius 3 is 1.73 bits per heavy atom. The second-order valence-corrected chi connectivity index (χ2v) is 14.5. The number of alkyl halides is 6. The van der Waals surface area contributed by atoms with Gasteiger partial charge in [-0.15, -0.1) is 0 Å². The molecular formula is C36H30Cl2F6N6O6. The number of hydrogen-bond acceptors (Lipinski definition) is 10. The molecule has 12 nitrogen and oxygen atoms in total. The quantitative estimate of drug-likeness (QED) is 0.165. The molecule has 1 saturated carbocycles. The number of hydrazine groups is 2. The number of allylic oxidation sites excluding steroid dienone is 2. The van der Waals surface area contributed by atoms with E-state index in [1.807, 2.05) is 0 Å². The van der Waals surface area contributed by atoms with Gasteiger partial charge in [0, 0.05) is 20.0 Å². The highest BCUT2D eigenvalue weighted by Crippen LogP contribution is 2.58. The first kappa shape index (κ1) is 39.3. The molecular weight excluding hydrogens is 797 g/mol. The van der Waals surface area contributed by atoms with Gasteiger partial charge in [0.25, 0.3) is 23.6 Å². The van der Waals surface area contributed by atoms with E-state index >= 15 is 0 Å². The monoisotopic (exact) mass is 826 g/mol. The first-order valence-corrected chi connectivity index (χ1v) is 17.8. The van der Waals surface area contributed by atoms with Crippen LogP contribution < -0.4 is 14.8 Å². The van der Waals surface area contributed by atoms with Crippen LogP contribution >= 0.6 is 23.2 Å². The molecule has 6 atom stereocenters. The summed E-state index contributed by atoms with van der Waals surface area (Å²) in [6, 6.07) is 9.65. The first-order chi connectivity index (χ1) is 26.3. The van der Waals surface area contributed by atoms with E-state index in [1.165, 1.54) is 14.1 Å². The predicted molar refractivity (Wildman–Crippen MR) is 186 cm³/mol. The maximum atomic E-state index is 14.5. The number of carbonyl (C=O) groups excluding carboxylic acids is 4. The molecule has 2 aliphatic heterocycles. The van der Waals surface area contributed by atoms with Crippen LogP contribution in [0.2, 0.25) is 10.0 Å². The van der Waals surface area contributed by atoms with Crippen molar-refractivity contribution >= 4 is 58.5 Å². The normalized spacial score (nSPS) is 24.9. The number of imide groups is 2. The molecule has 0 spiro atoms. The maximum absolute atomic E-state index is 14.5. The Bertz CT molecular complexity index is 2150. The van der Waals surface area contributed by atoms with Gasteiger partial charge in [0.15, 0.2) is 11.6 Å². The largest absolute Gasteiger partial charge is 0.491 e. The molecule has 296 valence electrons. The van der Waals surface area contributed by atoms with Crippen LogP contribution in [0.4, 0.5) is 38.0 Å². The van der Waals surface area contributed by atoms with Crippen molar-refractivity contribution in [3.05, 3.63) is 87.2 Å². The number of anilines is 2. The summed E-state index contributed by atoms with van der Waals surface area (Å²) in [5, 5.41) is 11.8. The van der Waals surface area contributed by atoms with Crippen molar-refractivity contribution in [1.29, 1.82) is 0 Å². The van der Waals surface area contributed by atoms with Crippen molar-refractivity contribution in [3.63, 3.8) is 0 Å². The van der Waals surface area contributed by atoms with Gasteiger partial charge in [0.05, 0.1) is 40.3 Å². The number of aliphatic hydroxyl groups is 1. The molecule has 4 heterocycles. The van der Waals surface area contributed by atoms with Gasteiger partial charge < -0.3 is 9.84 Å². The third-order valence-electron chi connectivity index (χ3n) is 10.7. The molecule has 0 radical (unpaired) electrons. The summed E-state index contributed by atoms with van der Waals surface area (Å²) in [7, 11) is 2.35. The highest BCUT2D eigenvalue weighted by atomic mass is 35.5. The molecule has 4 aliphatic rings. The van der Waals surface area contributed by atoms with Crippen LogP contribution in [-0.4, -0.2) is 76.0 Å². The van der Waals surface area contributed by atoms with Crippen LogP contribution in [0.3, 0.4) is 0 Å². The Labute approximate surface area is 324 Å². The van der Waals surface area contributed by atoms with E-state index in [9.17, 15) is 50.6 Å². The van der Waals surface area contributed by atoms with Crippen LogP contribution in [-0.2, 0) is 31.5 Å². The number of rotatable bonds is 8. The number of benzene rings is 1. The average molecular weight is 828 g/mol. The van der Waals surface area contributed by atoms with E-state index in [-0.39, 0.29) is 36.1 Å². The zero-order valence-corrected chi connectivity index (χ0v) is 30.7. The Morgan fingerprint density at radius 1 is 0.732 bits per heavy atom. The molecule has 2 saturated heterocycles. The lowest BCUT2D eigenvalue weighted by molar-refractivity contribution is -0.143. The second-order valence-electron chi connectivity index (χ2n) is 13.7. The maximum Gasteiger partial charge on any atom is 0.433 e. The molecule has 0 bridgehead atoms. The number of pyridine rings is 2. The molecule has 3 aromatic rings. The topological polar surface area (TPSA) is 136 Å². The molecule has 4 amide bonds. The van der Waals surface area contributed by atoms with Crippen molar-refractivity contribution in [2.24, 2.45) is 29.6 Å². The van der Waals surface area contributed by atoms with E-state index in [4.69, 9.17) is 27.9 Å². The molecule has 7 rings (SSSR count). The number of carbonyl (C=O) groups is 4. The smallest absolute Gasteiger partial charge is 0.433 e. The SMILES string of the molecule is CN(c1nc(C(F)(F)F)ccc1Cl)N1C(=O)C2CC=C3C(CC4C(=O)N(N(C)c5nc(C(F)(F)F)ccc5Cl)C(=O)C4C3c3ccc(OCCO)cc3)C2C1=O. The van der Waals surface area contributed by atoms with Crippen molar-refractivity contribution in [2.75, 3.05) is 37.3 Å². The number of halogens is 8. The van der Waals surface area contributed by atoms with Crippen LogP contribution in [0, 0.1) is 29.6 Å². The van der Waals surface area contributed by atoms with E-state index in [0.29, 0.717) is 39.0 Å². The molecule has 2 aromatic heterocycles. The lowest BCUT2D eigenvalue weighted by atomic mass is 9.57. The van der Waals surface area contributed by atoms with Crippen LogP contribution in [0.15, 0.2) is 60.2 Å². The molecule has 3 fully saturated rings. The number of nitrogens with zero attached hydrogens (tertiary/aromatic N) is 6. The first-order valence-electron chi connectivity index (χ1n) is 17.1. The Morgan fingerprint density at radius 2 is 1.23 bits per heavy atom. The lowest BCUT2D eigenvalue weighted by Crippen LogP contribution is -2.46. The summed E-state index contributed by atoms with van der Waals surface area (Å²) < 4.78 is 87.2. The highest BCUT2D eigenvalue weighted by molar-refractivity contribution is 6.33. The van der Waals surface area contributed by atoms with Crippen molar-refractivity contribution in [3.8, 4) is 5.75 Å². The lowest BCUT2D eigenvalue weighted by Gasteiger charge is -2.43. The van der Waals surface area contributed by atoms with Crippen LogP contribution in [0.25, 0.3) is 0 Å². The van der Waals surface area contributed by atoms with E-state index in [1.54, 1.807) is 30.3 Å². The third kappa shape index (κ3) is 6.50. The van der Waals surface area contributed by atoms with E-state index < -0.39 is 94.5 Å². The summed E-state index contributed by atoms with van der Waals surface area (Å²) in [6.45, 7) is -0.266. The molecule has 1 N–H and O–H groups in total. The minimum absolute atomic E-state index is 0.00371. The summed E-state index contributed by atoms with van der Waals surface area (Å²) >= 11 is 12.5. The highest BCUT2D eigenvalue weighted by Gasteiger charge is 2.63. The summed E-state index contributed by atoms with van der Waals surface area (Å²) in [5.74, 6) is -9.89. The van der Waals surface area contributed by atoms with Gasteiger partial charge in [-0.3, -0.25) is 29.2 Å². The number of aromatic nitrogens is 2. The number of amides is 4. The Hall–Kier alpha value is -4.94. The fourth-order valence-electron chi connectivity index (χ4n) is 8.28. The Balaban J connectivity index is 1.28. The summed E-state index contributed by atoms with van der Waals surface area (Å²) in [6.07, 6.45) is -8.15. The standard InChI is InChI=1S/C36H30Cl2F6N6O6/c1-47(29-22(37)9-11-24(45-29)35(39,40)41)49-31(52)19-8-7-18-20(27(19)33(49)54)15-21-28(26(18)16-3-5-17(6-4-16)56-14-13-51)34(55)50(32(21)53)48(2)30-23(38)10-12-25(46-30)36(42,43)44/h3-7,9-12,19-21,26-28,51H,8,13-15H2,1-2H3. The molecule has 2 aliphatic carbocycles. The number of hydrogen-bond donors (Lipinski definition) is 1. The number of ether oxygens (including phenoxy) is 1. The number of aliphatic hydroxyl groups excluding tert-OH is 1. The van der Waals surface area contributed by atoms with Gasteiger partial charge in [-0.1, -0.05) is 47.0 Å². The molecule has 20 heteroatoms. The van der Waals surface area contributed by atoms with Gasteiger partial charge in [0.1, 0.15) is 23.7 Å². The average Bonchev–Trinajstić information content (AvgIpc) is 3.55. The van der Waals surface area contributed by atoms with E-state index in [0.717, 1.165) is 22.2 Å². The minimum Gasteiger partial charge on any atom is -0.491 e. The van der Waals surface area contributed by atoms with Crippen molar-refractivity contribution < 1.29 is 55.4 Å². The minimum atomic E-state index is -4.88. The summed E-state index contributed by atoms with van der Waals surface area (Å²) in [5.41, 5.74) is -1.56. The number of fused-ring (bicyclic) bond motifs is 4. The molecule has 1 aromatic carbocycles. The third-order valence-corrected chi connectivity index (χ3v) is 11.2. The van der Waals surface area contributed by atoms with Crippen LogP contribution in [0.5, 0.6) is 5.75 Å². The van der Waals surface area contributed by atoms with Gasteiger partial charge in [-0.25, -0.2) is 9.97 Å². The van der Waals surface area contributed by atoms with Gasteiger partial charge in [0.2, 0.25) is 0 Å². The fraction of sp³-hybridized carbons (Fsp3) is 0.389. The molecule has 6 unspecified atom stereocenters. The van der Waals surface area contributed by atoms with Gasteiger partial charge in [-0.05, 0) is 60.7 Å². The zero-order chi connectivity index (χ0) is 40.6. The van der Waals surface area contributed by atoms with E-state index in [2.05, 4.69) is 9.97 Å². The summed E-state index contributed by atoms with van der Waals surface area (Å²) in [4.78, 5) is 64.3. The van der Waals surface area contributed by atoms with Gasteiger partial charge in [-0.2, -0.15) is 36.4 Å². The zero-order valence-electron chi connectivity index (χ0n) is 29.2. The van der Waals surface area contributed by atoms with Crippen molar-refractivity contribution in [2.45, 2.75) is 31.1 Å². The fourth-order valence-corrected chi connectivity index (χ4v) is 8.73. The Kier molecular flexibility index (Phi) is 9.98.